The number of β-amino-alcohol motifs (C(OH)–C–C–N with tert-alkyl or cyclic N) is 1. The van der Waals surface area contributed by atoms with E-state index in [0.29, 0.717) is 45.2 Å². The molecule has 0 radical (unpaired) electrons. The van der Waals surface area contributed by atoms with Crippen molar-refractivity contribution in [3.63, 3.8) is 0 Å². The van der Waals surface area contributed by atoms with Crippen molar-refractivity contribution in [3.8, 4) is 0 Å². The molecule has 2 aliphatic rings. The molecule has 0 aliphatic carbocycles. The Labute approximate surface area is 183 Å². The highest BCUT2D eigenvalue weighted by Crippen LogP contribution is 2.34. The van der Waals surface area contributed by atoms with Crippen molar-refractivity contribution in [2.24, 2.45) is 0 Å². The number of likely N-dealkylation sites (tertiary alicyclic amines) is 1. The number of hydrogen-bond donors (Lipinski definition) is 1. The predicted molar refractivity (Wildman–Crippen MR) is 116 cm³/mol. The number of aliphatic hydroxyl groups is 1. The van der Waals surface area contributed by atoms with E-state index in [1.807, 2.05) is 24.8 Å². The van der Waals surface area contributed by atoms with Gasteiger partial charge in [-0.3, -0.25) is 9.69 Å². The van der Waals surface area contributed by atoms with E-state index in [0.717, 1.165) is 35.1 Å². The normalized spacial score (nSPS) is 21.8. The molecule has 1 fully saturated rings. The molecule has 4 heterocycles. The van der Waals surface area contributed by atoms with Crippen LogP contribution < -0.4 is 0 Å². The standard InChI is InChI=1S/C22H34N6O3/c1-14(2)28-12-17(29)11-19(28)21-24-23-20-13-25(6-7-27(20)21)22(30)18-10-15(3)26(16(18)4)8-9-31-5/h10,14,17,19,29H,6-9,11-13H2,1-5H3/t17-,19+/m1/s1. The number of ether oxygens (including phenoxy) is 1. The molecule has 4 rings (SSSR count). The van der Waals surface area contributed by atoms with Gasteiger partial charge in [0, 0.05) is 50.7 Å². The third kappa shape index (κ3) is 4.02. The molecule has 2 aromatic rings. The lowest BCUT2D eigenvalue weighted by atomic mass is 10.1. The molecule has 0 unspecified atom stereocenters. The summed E-state index contributed by atoms with van der Waals surface area (Å²) < 4.78 is 9.48. The van der Waals surface area contributed by atoms with E-state index in [1.54, 1.807) is 7.11 Å². The maximum atomic E-state index is 13.3. The van der Waals surface area contributed by atoms with Crippen LogP contribution in [0.4, 0.5) is 0 Å². The van der Waals surface area contributed by atoms with E-state index in [9.17, 15) is 9.90 Å². The molecule has 1 saturated heterocycles. The number of fused-ring (bicyclic) bond motifs is 1. The summed E-state index contributed by atoms with van der Waals surface area (Å²) in [4.78, 5) is 17.4. The summed E-state index contributed by atoms with van der Waals surface area (Å²) in [5.74, 6) is 1.76. The average Bonchev–Trinajstić information content (AvgIpc) is 3.41. The topological polar surface area (TPSA) is 88.7 Å². The van der Waals surface area contributed by atoms with Crippen LogP contribution in [-0.2, 0) is 24.4 Å². The second-order valence-electron chi connectivity index (χ2n) is 8.98. The lowest BCUT2D eigenvalue weighted by Crippen LogP contribution is -2.40. The zero-order valence-electron chi connectivity index (χ0n) is 19.2. The summed E-state index contributed by atoms with van der Waals surface area (Å²) in [6.45, 7) is 12.0. The summed E-state index contributed by atoms with van der Waals surface area (Å²) in [6, 6.07) is 2.36. The molecule has 9 nitrogen and oxygen atoms in total. The third-order valence-corrected chi connectivity index (χ3v) is 6.67. The zero-order chi connectivity index (χ0) is 22.3. The molecule has 1 N–H and O–H groups in total. The summed E-state index contributed by atoms with van der Waals surface area (Å²) in [7, 11) is 1.69. The van der Waals surface area contributed by atoms with Crippen LogP contribution in [0.15, 0.2) is 6.07 Å². The number of methoxy groups -OCH3 is 1. The maximum Gasteiger partial charge on any atom is 0.256 e. The molecule has 2 aliphatic heterocycles. The minimum absolute atomic E-state index is 0.0349. The fraction of sp³-hybridized carbons (Fsp3) is 0.682. The molecule has 0 bridgehead atoms. The highest BCUT2D eigenvalue weighted by molar-refractivity contribution is 5.95. The Kier molecular flexibility index (Phi) is 6.18. The van der Waals surface area contributed by atoms with Gasteiger partial charge in [0.25, 0.3) is 5.91 Å². The van der Waals surface area contributed by atoms with Gasteiger partial charge in [0.2, 0.25) is 0 Å². The quantitative estimate of drug-likeness (QED) is 0.748. The first-order valence-corrected chi connectivity index (χ1v) is 11.1. The number of carbonyl (C=O) groups is 1. The lowest BCUT2D eigenvalue weighted by molar-refractivity contribution is 0.0703. The van der Waals surface area contributed by atoms with Crippen LogP contribution in [0, 0.1) is 13.8 Å². The Hall–Kier alpha value is -2.23. The second kappa shape index (κ2) is 8.72. The minimum Gasteiger partial charge on any atom is -0.392 e. The van der Waals surface area contributed by atoms with Crippen molar-refractivity contribution in [2.75, 3.05) is 26.8 Å². The predicted octanol–water partition coefficient (Wildman–Crippen LogP) is 1.51. The highest BCUT2D eigenvalue weighted by Gasteiger charge is 2.38. The number of aliphatic hydroxyl groups excluding tert-OH is 1. The van der Waals surface area contributed by atoms with Gasteiger partial charge in [-0.15, -0.1) is 10.2 Å². The Bertz CT molecular complexity index is 949. The number of carbonyl (C=O) groups excluding carboxylic acids is 1. The largest absolute Gasteiger partial charge is 0.392 e. The summed E-state index contributed by atoms with van der Waals surface area (Å²) in [6.07, 6.45) is 0.335. The van der Waals surface area contributed by atoms with E-state index in [4.69, 9.17) is 4.74 Å². The Morgan fingerprint density at radius 3 is 2.77 bits per heavy atom. The first-order chi connectivity index (χ1) is 14.8. The van der Waals surface area contributed by atoms with Gasteiger partial charge < -0.3 is 23.9 Å². The smallest absolute Gasteiger partial charge is 0.256 e. The summed E-state index contributed by atoms with van der Waals surface area (Å²) in [5.41, 5.74) is 2.78. The number of aromatic nitrogens is 4. The van der Waals surface area contributed by atoms with Crippen LogP contribution in [0.2, 0.25) is 0 Å². The van der Waals surface area contributed by atoms with Gasteiger partial charge in [-0.05, 0) is 40.2 Å². The van der Waals surface area contributed by atoms with Crippen molar-refractivity contribution in [2.45, 2.75) is 71.9 Å². The summed E-state index contributed by atoms with van der Waals surface area (Å²) >= 11 is 0. The van der Waals surface area contributed by atoms with Crippen LogP contribution in [0.3, 0.4) is 0 Å². The third-order valence-electron chi connectivity index (χ3n) is 6.67. The van der Waals surface area contributed by atoms with Crippen LogP contribution >= 0.6 is 0 Å². The van der Waals surface area contributed by atoms with E-state index < -0.39 is 0 Å². The highest BCUT2D eigenvalue weighted by atomic mass is 16.5. The maximum absolute atomic E-state index is 13.3. The fourth-order valence-electron chi connectivity index (χ4n) is 4.98. The van der Waals surface area contributed by atoms with Gasteiger partial charge in [-0.1, -0.05) is 0 Å². The average molecular weight is 431 g/mol. The van der Waals surface area contributed by atoms with Gasteiger partial charge >= 0.3 is 0 Å². The molecule has 2 atom stereocenters. The number of hydrogen-bond acceptors (Lipinski definition) is 6. The summed E-state index contributed by atoms with van der Waals surface area (Å²) in [5, 5.41) is 19.1. The first-order valence-electron chi connectivity index (χ1n) is 11.1. The Balaban J connectivity index is 1.52. The van der Waals surface area contributed by atoms with Gasteiger partial charge in [0.1, 0.15) is 0 Å². The van der Waals surface area contributed by atoms with Crippen molar-refractivity contribution in [3.05, 3.63) is 34.7 Å². The molecule has 1 amide bonds. The van der Waals surface area contributed by atoms with Crippen molar-refractivity contribution >= 4 is 5.91 Å². The van der Waals surface area contributed by atoms with Gasteiger partial charge in [-0.2, -0.15) is 0 Å². The van der Waals surface area contributed by atoms with Crippen LogP contribution in [0.1, 0.15) is 59.7 Å². The van der Waals surface area contributed by atoms with Crippen LogP contribution in [0.25, 0.3) is 0 Å². The Morgan fingerprint density at radius 2 is 2.06 bits per heavy atom. The van der Waals surface area contributed by atoms with Crippen molar-refractivity contribution < 1.29 is 14.6 Å². The molecule has 170 valence electrons. The van der Waals surface area contributed by atoms with E-state index in [-0.39, 0.29) is 18.1 Å². The molecule has 31 heavy (non-hydrogen) atoms. The molecular formula is C22H34N6O3. The zero-order valence-corrected chi connectivity index (χ0v) is 19.2. The second-order valence-corrected chi connectivity index (χ2v) is 8.98. The fourth-order valence-corrected chi connectivity index (χ4v) is 4.98. The lowest BCUT2D eigenvalue weighted by Gasteiger charge is -2.31. The molecule has 0 aromatic carbocycles. The van der Waals surface area contributed by atoms with Crippen molar-refractivity contribution in [1.29, 1.82) is 0 Å². The number of rotatable bonds is 6. The molecule has 2 aromatic heterocycles. The molecular weight excluding hydrogens is 396 g/mol. The monoisotopic (exact) mass is 430 g/mol. The van der Waals surface area contributed by atoms with E-state index in [2.05, 4.69) is 38.1 Å². The number of aryl methyl sites for hydroxylation is 1. The number of nitrogens with zero attached hydrogens (tertiary/aromatic N) is 6. The molecule has 0 spiro atoms. The van der Waals surface area contributed by atoms with Crippen LogP contribution in [-0.4, -0.2) is 79.1 Å². The first kappa shape index (κ1) is 22.0. The van der Waals surface area contributed by atoms with Gasteiger partial charge in [0.05, 0.1) is 30.9 Å². The van der Waals surface area contributed by atoms with E-state index >= 15 is 0 Å². The Morgan fingerprint density at radius 1 is 1.29 bits per heavy atom. The SMILES string of the molecule is COCCn1c(C)cc(C(=O)N2CCn3c(nnc3[C@@H]3C[C@@H](O)CN3C(C)C)C2)c1C. The van der Waals surface area contributed by atoms with E-state index in [1.165, 1.54) is 0 Å². The van der Waals surface area contributed by atoms with Crippen LogP contribution in [0.5, 0.6) is 0 Å². The number of amides is 1. The van der Waals surface area contributed by atoms with Gasteiger partial charge in [0.15, 0.2) is 11.6 Å². The minimum atomic E-state index is -0.338. The molecule has 9 heteroatoms. The molecule has 0 saturated carbocycles. The van der Waals surface area contributed by atoms with Crippen molar-refractivity contribution in [1.82, 2.24) is 29.1 Å². The van der Waals surface area contributed by atoms with Gasteiger partial charge in [-0.25, -0.2) is 0 Å².